The van der Waals surface area contributed by atoms with Crippen molar-refractivity contribution in [2.75, 3.05) is 19.7 Å². The third-order valence-corrected chi connectivity index (χ3v) is 4.91. The number of halogens is 1. The highest BCUT2D eigenvalue weighted by Crippen LogP contribution is 2.27. The molecule has 1 heterocycles. The maximum atomic E-state index is 5.97. The molecule has 1 aromatic rings. The number of nitrogens with one attached hydrogen (secondary N) is 1. The Balaban J connectivity index is 1.81. The van der Waals surface area contributed by atoms with E-state index in [1.54, 1.807) is 0 Å². The number of ether oxygens (including phenoxy) is 2. The number of hydrogen-bond donors (Lipinski definition) is 1. The van der Waals surface area contributed by atoms with Crippen molar-refractivity contribution in [2.45, 2.75) is 45.8 Å². The monoisotopic (exact) mass is 341 g/mol. The van der Waals surface area contributed by atoms with Gasteiger partial charge in [0.1, 0.15) is 12.4 Å². The summed E-state index contributed by atoms with van der Waals surface area (Å²) in [5.41, 5.74) is 2.41. The van der Waals surface area contributed by atoms with Gasteiger partial charge in [0.05, 0.1) is 12.2 Å². The highest BCUT2D eigenvalue weighted by molar-refractivity contribution is 9.10. The minimum Gasteiger partial charge on any atom is -0.491 e. The SMILES string of the molecule is CCNCC1CCC(COc2cc(C)c(Br)c(C)c2)O1. The molecule has 20 heavy (non-hydrogen) atoms. The van der Waals surface area contributed by atoms with Gasteiger partial charge < -0.3 is 14.8 Å². The lowest BCUT2D eigenvalue weighted by molar-refractivity contribution is 0.0188. The van der Waals surface area contributed by atoms with Gasteiger partial charge in [-0.3, -0.25) is 0 Å². The summed E-state index contributed by atoms with van der Waals surface area (Å²) in [6.07, 6.45) is 2.78. The normalized spacial score (nSPS) is 22.2. The molecule has 0 spiro atoms. The summed E-state index contributed by atoms with van der Waals surface area (Å²) in [5, 5.41) is 3.33. The molecule has 0 radical (unpaired) electrons. The van der Waals surface area contributed by atoms with E-state index in [1.165, 1.54) is 11.1 Å². The molecular weight excluding hydrogens is 318 g/mol. The lowest BCUT2D eigenvalue weighted by atomic mass is 10.1. The summed E-state index contributed by atoms with van der Waals surface area (Å²) in [6.45, 7) is 8.88. The Morgan fingerprint density at radius 2 is 1.90 bits per heavy atom. The maximum absolute atomic E-state index is 5.97. The fourth-order valence-corrected chi connectivity index (χ4v) is 2.77. The maximum Gasteiger partial charge on any atom is 0.120 e. The number of aryl methyl sites for hydroxylation is 2. The minimum atomic E-state index is 0.225. The third-order valence-electron chi connectivity index (χ3n) is 3.66. The number of benzene rings is 1. The second-order valence-electron chi connectivity index (χ2n) is 5.45. The molecule has 2 rings (SSSR count). The summed E-state index contributed by atoms with van der Waals surface area (Å²) in [4.78, 5) is 0. The molecule has 0 amide bonds. The summed E-state index contributed by atoms with van der Waals surface area (Å²) in [6, 6.07) is 4.14. The Hall–Kier alpha value is -0.580. The lowest BCUT2D eigenvalue weighted by Crippen LogP contribution is -2.28. The van der Waals surface area contributed by atoms with Crippen LogP contribution in [-0.4, -0.2) is 31.9 Å². The van der Waals surface area contributed by atoms with Crippen molar-refractivity contribution >= 4 is 15.9 Å². The number of rotatable bonds is 6. The van der Waals surface area contributed by atoms with Gasteiger partial charge in [-0.2, -0.15) is 0 Å². The van der Waals surface area contributed by atoms with Crippen LogP contribution in [-0.2, 0) is 4.74 Å². The van der Waals surface area contributed by atoms with Crippen molar-refractivity contribution in [2.24, 2.45) is 0 Å². The molecule has 112 valence electrons. The smallest absolute Gasteiger partial charge is 0.120 e. The first-order valence-electron chi connectivity index (χ1n) is 7.36. The molecule has 3 nitrogen and oxygen atoms in total. The summed E-state index contributed by atoms with van der Waals surface area (Å²) >= 11 is 3.58. The van der Waals surface area contributed by atoms with Gasteiger partial charge in [-0.05, 0) is 56.5 Å². The standard InChI is InChI=1S/C16H24BrNO2/c1-4-18-9-13-5-6-14(20-13)10-19-15-7-11(2)16(17)12(3)8-15/h7-8,13-14,18H,4-6,9-10H2,1-3H3. The van der Waals surface area contributed by atoms with Gasteiger partial charge >= 0.3 is 0 Å². The molecule has 1 aliphatic heterocycles. The lowest BCUT2D eigenvalue weighted by Gasteiger charge is -2.16. The summed E-state index contributed by atoms with van der Waals surface area (Å²) < 4.78 is 13.0. The first-order valence-corrected chi connectivity index (χ1v) is 8.15. The van der Waals surface area contributed by atoms with Crippen LogP contribution in [0.5, 0.6) is 5.75 Å². The van der Waals surface area contributed by atoms with E-state index in [2.05, 4.69) is 54.2 Å². The van der Waals surface area contributed by atoms with Crippen LogP contribution < -0.4 is 10.1 Å². The van der Waals surface area contributed by atoms with Crippen LogP contribution in [0.25, 0.3) is 0 Å². The van der Waals surface area contributed by atoms with E-state index in [0.717, 1.165) is 36.2 Å². The Labute approximate surface area is 130 Å². The van der Waals surface area contributed by atoms with Crippen molar-refractivity contribution in [3.8, 4) is 5.75 Å². The second kappa shape index (κ2) is 7.43. The highest BCUT2D eigenvalue weighted by atomic mass is 79.9. The van der Waals surface area contributed by atoms with Crippen LogP contribution in [0.4, 0.5) is 0 Å². The van der Waals surface area contributed by atoms with Gasteiger partial charge in [0, 0.05) is 11.0 Å². The van der Waals surface area contributed by atoms with Gasteiger partial charge in [-0.15, -0.1) is 0 Å². The van der Waals surface area contributed by atoms with Crippen LogP contribution in [0.1, 0.15) is 30.9 Å². The molecule has 1 aromatic carbocycles. The first kappa shape index (κ1) is 15.8. The molecule has 0 bridgehead atoms. The van der Waals surface area contributed by atoms with Gasteiger partial charge in [0.25, 0.3) is 0 Å². The van der Waals surface area contributed by atoms with E-state index in [1.807, 2.05) is 0 Å². The van der Waals surface area contributed by atoms with Crippen LogP contribution in [0.15, 0.2) is 16.6 Å². The average Bonchev–Trinajstić information content (AvgIpc) is 2.88. The zero-order chi connectivity index (χ0) is 14.5. The highest BCUT2D eigenvalue weighted by Gasteiger charge is 2.25. The summed E-state index contributed by atoms with van der Waals surface area (Å²) in [7, 11) is 0. The minimum absolute atomic E-state index is 0.225. The van der Waals surface area contributed by atoms with E-state index in [9.17, 15) is 0 Å². The van der Waals surface area contributed by atoms with Gasteiger partial charge in [-0.1, -0.05) is 22.9 Å². The molecule has 1 saturated heterocycles. The van der Waals surface area contributed by atoms with E-state index in [4.69, 9.17) is 9.47 Å². The predicted octanol–water partition coefficient (Wildman–Crippen LogP) is 3.60. The molecule has 1 N–H and O–H groups in total. The topological polar surface area (TPSA) is 30.5 Å². The first-order chi connectivity index (χ1) is 9.60. The van der Waals surface area contributed by atoms with E-state index < -0.39 is 0 Å². The van der Waals surface area contributed by atoms with Crippen molar-refractivity contribution in [3.05, 3.63) is 27.7 Å². The van der Waals surface area contributed by atoms with Crippen LogP contribution in [0.3, 0.4) is 0 Å². The number of likely N-dealkylation sites (N-methyl/N-ethyl adjacent to an activating group) is 1. The quantitative estimate of drug-likeness (QED) is 0.857. The van der Waals surface area contributed by atoms with Crippen LogP contribution in [0.2, 0.25) is 0 Å². The van der Waals surface area contributed by atoms with Crippen molar-refractivity contribution in [1.82, 2.24) is 5.32 Å². The molecule has 0 aliphatic carbocycles. The van der Waals surface area contributed by atoms with Crippen molar-refractivity contribution < 1.29 is 9.47 Å². The van der Waals surface area contributed by atoms with Gasteiger partial charge in [0.2, 0.25) is 0 Å². The third kappa shape index (κ3) is 4.21. The Bertz CT molecular complexity index is 427. The van der Waals surface area contributed by atoms with Crippen molar-refractivity contribution in [1.29, 1.82) is 0 Å². The van der Waals surface area contributed by atoms with Crippen molar-refractivity contribution in [3.63, 3.8) is 0 Å². The molecule has 0 aromatic heterocycles. The van der Waals surface area contributed by atoms with E-state index in [0.29, 0.717) is 12.7 Å². The molecular formula is C16H24BrNO2. The van der Waals surface area contributed by atoms with E-state index in [-0.39, 0.29) is 6.10 Å². The van der Waals surface area contributed by atoms with Gasteiger partial charge in [0.15, 0.2) is 0 Å². The molecule has 1 aliphatic rings. The fourth-order valence-electron chi connectivity index (χ4n) is 2.54. The Morgan fingerprint density at radius 1 is 1.25 bits per heavy atom. The largest absolute Gasteiger partial charge is 0.491 e. The molecule has 2 unspecified atom stereocenters. The van der Waals surface area contributed by atoms with Gasteiger partial charge in [-0.25, -0.2) is 0 Å². The fraction of sp³-hybridized carbons (Fsp3) is 0.625. The average molecular weight is 342 g/mol. The Morgan fingerprint density at radius 3 is 2.55 bits per heavy atom. The molecule has 2 atom stereocenters. The zero-order valence-electron chi connectivity index (χ0n) is 12.5. The molecule has 0 saturated carbocycles. The Kier molecular flexibility index (Phi) is 5.87. The zero-order valence-corrected chi connectivity index (χ0v) is 14.1. The van der Waals surface area contributed by atoms with Crippen LogP contribution >= 0.6 is 15.9 Å². The number of hydrogen-bond acceptors (Lipinski definition) is 3. The van der Waals surface area contributed by atoms with E-state index >= 15 is 0 Å². The summed E-state index contributed by atoms with van der Waals surface area (Å²) in [5.74, 6) is 0.932. The molecule has 1 fully saturated rings. The predicted molar refractivity (Wildman–Crippen MR) is 85.5 cm³/mol. The second-order valence-corrected chi connectivity index (χ2v) is 6.24. The van der Waals surface area contributed by atoms with Crippen LogP contribution in [0, 0.1) is 13.8 Å². The molecule has 4 heteroatoms.